The van der Waals surface area contributed by atoms with Gasteiger partial charge in [-0.3, -0.25) is 4.98 Å². The van der Waals surface area contributed by atoms with E-state index in [1.165, 1.54) is 11.3 Å². The average Bonchev–Trinajstić information content (AvgIpc) is 3.36. The average molecular weight is 429 g/mol. The molecular weight excluding hydrogens is 404 g/mol. The zero-order valence-corrected chi connectivity index (χ0v) is 18.2. The Morgan fingerprint density at radius 2 is 1.97 bits per heavy atom. The van der Waals surface area contributed by atoms with Gasteiger partial charge in [0.25, 0.3) is 0 Å². The van der Waals surface area contributed by atoms with Crippen molar-refractivity contribution >= 4 is 43.3 Å². The van der Waals surface area contributed by atoms with Gasteiger partial charge < -0.3 is 4.57 Å². The van der Waals surface area contributed by atoms with Gasteiger partial charge in [-0.15, -0.1) is 11.3 Å². The van der Waals surface area contributed by atoms with E-state index in [1.807, 2.05) is 25.1 Å². The van der Waals surface area contributed by atoms with Crippen LogP contribution in [0.4, 0.5) is 0 Å². The van der Waals surface area contributed by atoms with E-state index < -0.39 is 10.0 Å². The molecule has 29 heavy (non-hydrogen) atoms. The minimum atomic E-state index is -3.48. The molecule has 0 aliphatic heterocycles. The molecule has 0 saturated heterocycles. The number of thiophene rings is 1. The third-order valence-electron chi connectivity index (χ3n) is 4.98. The molecule has 0 saturated carbocycles. The molecule has 0 fully saturated rings. The molecule has 0 amide bonds. The lowest BCUT2D eigenvalue weighted by molar-refractivity contribution is 0.572. The van der Waals surface area contributed by atoms with E-state index in [0.29, 0.717) is 17.3 Å². The number of hydrogen-bond acceptors (Lipinski definition) is 5. The fraction of sp³-hybridized carbons (Fsp3) is 0.333. The number of imidazole rings is 1. The van der Waals surface area contributed by atoms with Crippen molar-refractivity contribution in [2.24, 2.45) is 0 Å². The molecule has 0 aliphatic rings. The second kappa shape index (κ2) is 8.22. The predicted molar refractivity (Wildman–Crippen MR) is 118 cm³/mol. The Kier molecular flexibility index (Phi) is 5.67. The van der Waals surface area contributed by atoms with Crippen LogP contribution in [0.25, 0.3) is 21.9 Å². The second-order valence-electron chi connectivity index (χ2n) is 7.02. The Morgan fingerprint density at radius 3 is 2.72 bits per heavy atom. The second-order valence-corrected chi connectivity index (χ2v) is 9.97. The summed E-state index contributed by atoms with van der Waals surface area (Å²) < 4.78 is 30.2. The molecule has 0 bridgehead atoms. The lowest BCUT2D eigenvalue weighted by atomic mass is 10.1. The van der Waals surface area contributed by atoms with Crippen molar-refractivity contribution in [2.75, 3.05) is 6.54 Å². The summed E-state index contributed by atoms with van der Waals surface area (Å²) in [6, 6.07) is 11.4. The summed E-state index contributed by atoms with van der Waals surface area (Å²) >= 11 is 1.22. The molecule has 4 rings (SSSR count). The summed E-state index contributed by atoms with van der Waals surface area (Å²) in [5.74, 6) is 0.985. The van der Waals surface area contributed by atoms with Gasteiger partial charge in [0.15, 0.2) is 0 Å². The van der Waals surface area contributed by atoms with E-state index in [4.69, 9.17) is 9.97 Å². The Morgan fingerprint density at radius 1 is 1.14 bits per heavy atom. The zero-order valence-electron chi connectivity index (χ0n) is 16.6. The van der Waals surface area contributed by atoms with E-state index in [1.54, 1.807) is 17.5 Å². The highest BCUT2D eigenvalue weighted by molar-refractivity contribution is 7.91. The Balaban J connectivity index is 1.73. The molecule has 1 N–H and O–H groups in total. The fourth-order valence-electron chi connectivity index (χ4n) is 3.58. The van der Waals surface area contributed by atoms with E-state index in [-0.39, 0.29) is 0 Å². The summed E-state index contributed by atoms with van der Waals surface area (Å²) in [4.78, 5) is 9.60. The lowest BCUT2D eigenvalue weighted by Gasteiger charge is -2.12. The Bertz CT molecular complexity index is 1240. The molecule has 0 unspecified atom stereocenters. The summed E-state index contributed by atoms with van der Waals surface area (Å²) in [7, 11) is -3.48. The van der Waals surface area contributed by atoms with E-state index in [2.05, 4.69) is 22.3 Å². The number of para-hydroxylation sites is 1. The molecule has 0 atom stereocenters. The zero-order chi connectivity index (χ0) is 20.4. The molecule has 3 heterocycles. The van der Waals surface area contributed by atoms with Crippen molar-refractivity contribution in [3.8, 4) is 0 Å². The SMILES string of the molecule is CCCCc1nc2c(C)nc3ccccc3c2n1CCNS(=O)(=O)c1cccs1. The van der Waals surface area contributed by atoms with Crippen molar-refractivity contribution in [1.82, 2.24) is 19.3 Å². The molecule has 0 spiro atoms. The van der Waals surface area contributed by atoms with Crippen LogP contribution in [-0.4, -0.2) is 29.5 Å². The van der Waals surface area contributed by atoms with E-state index >= 15 is 0 Å². The minimum Gasteiger partial charge on any atom is -0.326 e. The Labute approximate surface area is 174 Å². The van der Waals surface area contributed by atoms with Gasteiger partial charge in [0, 0.05) is 24.9 Å². The van der Waals surface area contributed by atoms with Crippen molar-refractivity contribution < 1.29 is 8.42 Å². The molecule has 3 aromatic heterocycles. The number of benzene rings is 1. The maximum atomic E-state index is 12.5. The monoisotopic (exact) mass is 428 g/mol. The van der Waals surface area contributed by atoms with Gasteiger partial charge >= 0.3 is 0 Å². The van der Waals surface area contributed by atoms with E-state index in [0.717, 1.165) is 52.7 Å². The standard InChI is InChI=1S/C21H24N4O2S2/c1-3-4-10-18-24-20-15(2)23-17-9-6-5-8-16(17)21(20)25(18)13-12-22-29(26,27)19-11-7-14-28-19/h5-9,11,14,22H,3-4,10,12-13H2,1-2H3. The van der Waals surface area contributed by atoms with Gasteiger partial charge in [-0.05, 0) is 30.9 Å². The first-order valence-corrected chi connectivity index (χ1v) is 12.1. The summed E-state index contributed by atoms with van der Waals surface area (Å²) in [5.41, 5.74) is 3.76. The first-order chi connectivity index (χ1) is 14.0. The van der Waals surface area contributed by atoms with Gasteiger partial charge in [0.1, 0.15) is 15.6 Å². The number of fused-ring (bicyclic) bond motifs is 3. The van der Waals surface area contributed by atoms with Crippen LogP contribution in [0.5, 0.6) is 0 Å². The highest BCUT2D eigenvalue weighted by atomic mass is 32.2. The number of nitrogens with zero attached hydrogens (tertiary/aromatic N) is 3. The van der Waals surface area contributed by atoms with Crippen LogP contribution in [0.2, 0.25) is 0 Å². The third kappa shape index (κ3) is 3.92. The van der Waals surface area contributed by atoms with Gasteiger partial charge in [-0.1, -0.05) is 37.6 Å². The first kappa shape index (κ1) is 20.0. The smallest absolute Gasteiger partial charge is 0.250 e. The fourth-order valence-corrected chi connectivity index (χ4v) is 5.63. The summed E-state index contributed by atoms with van der Waals surface area (Å²) in [5, 5.41) is 2.81. The summed E-state index contributed by atoms with van der Waals surface area (Å²) in [6.07, 6.45) is 2.97. The van der Waals surface area contributed by atoms with Crippen LogP contribution in [0, 0.1) is 6.92 Å². The van der Waals surface area contributed by atoms with Gasteiger partial charge in [-0.2, -0.15) is 0 Å². The van der Waals surface area contributed by atoms with Gasteiger partial charge in [0.05, 0.1) is 16.7 Å². The number of unbranched alkanes of at least 4 members (excludes halogenated alkanes) is 1. The normalized spacial score (nSPS) is 12.2. The molecular formula is C21H24N4O2S2. The van der Waals surface area contributed by atoms with E-state index in [9.17, 15) is 8.42 Å². The van der Waals surface area contributed by atoms with Crippen molar-refractivity contribution in [3.63, 3.8) is 0 Å². The quantitative estimate of drug-likeness (QED) is 0.454. The number of hydrogen-bond donors (Lipinski definition) is 1. The number of aryl methyl sites for hydroxylation is 2. The van der Waals surface area contributed by atoms with Crippen LogP contribution in [0.15, 0.2) is 46.0 Å². The van der Waals surface area contributed by atoms with Gasteiger partial charge in [0.2, 0.25) is 10.0 Å². The number of sulfonamides is 1. The van der Waals surface area contributed by atoms with Crippen molar-refractivity contribution in [3.05, 3.63) is 53.3 Å². The van der Waals surface area contributed by atoms with Crippen molar-refractivity contribution in [2.45, 2.75) is 43.9 Å². The largest absolute Gasteiger partial charge is 0.326 e. The molecule has 4 aromatic rings. The highest BCUT2D eigenvalue weighted by Gasteiger charge is 2.18. The van der Waals surface area contributed by atoms with Gasteiger partial charge in [-0.25, -0.2) is 18.1 Å². The maximum Gasteiger partial charge on any atom is 0.250 e. The van der Waals surface area contributed by atoms with Crippen molar-refractivity contribution in [1.29, 1.82) is 0 Å². The molecule has 152 valence electrons. The molecule has 8 heteroatoms. The molecule has 1 aromatic carbocycles. The van der Waals surface area contributed by atoms with Crippen LogP contribution in [0.1, 0.15) is 31.3 Å². The number of aromatic nitrogens is 3. The predicted octanol–water partition coefficient (Wildman–Crippen LogP) is 4.28. The maximum absolute atomic E-state index is 12.5. The van der Waals surface area contributed by atoms with Crippen LogP contribution < -0.4 is 4.72 Å². The number of pyridine rings is 1. The third-order valence-corrected chi connectivity index (χ3v) is 7.84. The van der Waals surface area contributed by atoms with Crippen LogP contribution in [0.3, 0.4) is 0 Å². The Hall–Kier alpha value is -2.29. The summed E-state index contributed by atoms with van der Waals surface area (Å²) in [6.45, 7) is 4.97. The topological polar surface area (TPSA) is 76.9 Å². The van der Waals surface area contributed by atoms with Crippen LogP contribution >= 0.6 is 11.3 Å². The number of rotatable bonds is 8. The minimum absolute atomic E-state index is 0.306. The lowest BCUT2D eigenvalue weighted by Crippen LogP contribution is -2.27. The first-order valence-electron chi connectivity index (χ1n) is 9.79. The highest BCUT2D eigenvalue weighted by Crippen LogP contribution is 2.28. The molecule has 0 aliphatic carbocycles. The number of nitrogens with one attached hydrogen (secondary N) is 1. The van der Waals surface area contributed by atoms with Crippen LogP contribution in [-0.2, 0) is 23.0 Å². The molecule has 6 nitrogen and oxygen atoms in total. The molecule has 0 radical (unpaired) electrons.